The van der Waals surface area contributed by atoms with Gasteiger partial charge in [-0.25, -0.2) is 0 Å². The molecule has 1 aromatic rings. The molecule has 0 unspecified atom stereocenters. The molecule has 0 spiro atoms. The van der Waals surface area contributed by atoms with Crippen molar-refractivity contribution >= 4 is 0 Å². The Morgan fingerprint density at radius 1 is 1.22 bits per heavy atom. The lowest BCUT2D eigenvalue weighted by molar-refractivity contribution is -0.179. The van der Waals surface area contributed by atoms with Gasteiger partial charge in [0, 0.05) is 18.3 Å². The van der Waals surface area contributed by atoms with Gasteiger partial charge in [-0.05, 0) is 62.7 Å². The molecule has 4 fully saturated rings. The van der Waals surface area contributed by atoms with Crippen LogP contribution in [0.25, 0.3) is 0 Å². The Balaban J connectivity index is 1.73. The molecule has 1 aromatic heterocycles. The summed E-state index contributed by atoms with van der Waals surface area (Å²) in [7, 11) is 0. The highest BCUT2D eigenvalue weighted by Crippen LogP contribution is 2.61. The first kappa shape index (κ1) is 11.0. The van der Waals surface area contributed by atoms with Crippen molar-refractivity contribution in [1.82, 2.24) is 9.78 Å². The predicted molar refractivity (Wildman–Crippen MR) is 68.8 cm³/mol. The Kier molecular flexibility index (Phi) is 2.20. The molecule has 18 heavy (non-hydrogen) atoms. The van der Waals surface area contributed by atoms with Crippen LogP contribution in [0.5, 0.6) is 0 Å². The third-order valence-corrected chi connectivity index (χ3v) is 5.80. The highest BCUT2D eigenvalue weighted by molar-refractivity contribution is 5.23. The zero-order valence-electron chi connectivity index (χ0n) is 11.0. The monoisotopic (exact) mass is 246 g/mol. The van der Waals surface area contributed by atoms with Crippen LogP contribution in [0.15, 0.2) is 12.4 Å². The summed E-state index contributed by atoms with van der Waals surface area (Å²) in [6.45, 7) is 2.98. The first-order valence-corrected chi connectivity index (χ1v) is 7.45. The minimum atomic E-state index is -0.569. The third kappa shape index (κ3) is 1.31. The molecule has 4 aliphatic rings. The number of aromatic nitrogens is 2. The van der Waals surface area contributed by atoms with Gasteiger partial charge in [0.25, 0.3) is 0 Å². The minimum Gasteiger partial charge on any atom is -0.384 e. The lowest BCUT2D eigenvalue weighted by atomic mass is 9.49. The Morgan fingerprint density at radius 2 is 1.83 bits per heavy atom. The van der Waals surface area contributed by atoms with Gasteiger partial charge in [0.15, 0.2) is 0 Å². The van der Waals surface area contributed by atoms with Gasteiger partial charge in [-0.1, -0.05) is 0 Å². The van der Waals surface area contributed by atoms with Crippen molar-refractivity contribution in [3.63, 3.8) is 0 Å². The summed E-state index contributed by atoms with van der Waals surface area (Å²) >= 11 is 0. The molecule has 4 saturated carbocycles. The molecule has 3 heteroatoms. The molecular formula is C15H22N2O. The molecular weight excluding hydrogens is 224 g/mol. The van der Waals surface area contributed by atoms with Crippen molar-refractivity contribution in [3.05, 3.63) is 18.0 Å². The maximum absolute atomic E-state index is 11.3. The van der Waals surface area contributed by atoms with E-state index < -0.39 is 5.60 Å². The van der Waals surface area contributed by atoms with E-state index in [-0.39, 0.29) is 0 Å². The summed E-state index contributed by atoms with van der Waals surface area (Å²) in [4.78, 5) is 0. The molecule has 0 atom stereocenters. The summed E-state index contributed by atoms with van der Waals surface area (Å²) in [6, 6.07) is 0. The molecule has 4 aliphatic carbocycles. The standard InChI is InChI=1S/C15H22N2O/c1-2-17-9-14(8-16-17)15(18)12-4-10-3-11(6-12)7-13(15)5-10/h8-13,18H,2-7H2,1H3. The maximum Gasteiger partial charge on any atom is 0.0983 e. The summed E-state index contributed by atoms with van der Waals surface area (Å²) < 4.78 is 1.94. The average Bonchev–Trinajstić information content (AvgIpc) is 2.84. The second-order valence-electron chi connectivity index (χ2n) is 6.71. The number of aliphatic hydroxyl groups is 1. The van der Waals surface area contributed by atoms with Gasteiger partial charge in [0.2, 0.25) is 0 Å². The van der Waals surface area contributed by atoms with Crippen molar-refractivity contribution in [2.24, 2.45) is 23.7 Å². The fourth-order valence-corrected chi connectivity index (χ4v) is 5.12. The van der Waals surface area contributed by atoms with E-state index in [0.717, 1.165) is 23.9 Å². The van der Waals surface area contributed by atoms with E-state index >= 15 is 0 Å². The van der Waals surface area contributed by atoms with Gasteiger partial charge in [-0.15, -0.1) is 0 Å². The molecule has 0 aromatic carbocycles. The van der Waals surface area contributed by atoms with Crippen molar-refractivity contribution in [1.29, 1.82) is 0 Å². The molecule has 0 radical (unpaired) electrons. The fourth-order valence-electron chi connectivity index (χ4n) is 5.12. The van der Waals surface area contributed by atoms with Crippen LogP contribution in [0.4, 0.5) is 0 Å². The maximum atomic E-state index is 11.3. The van der Waals surface area contributed by atoms with E-state index in [1.54, 1.807) is 0 Å². The molecule has 1 N–H and O–H groups in total. The van der Waals surface area contributed by atoms with Crippen LogP contribution in [0.2, 0.25) is 0 Å². The molecule has 4 bridgehead atoms. The second kappa shape index (κ2) is 3.60. The van der Waals surface area contributed by atoms with E-state index in [1.165, 1.54) is 32.1 Å². The zero-order valence-corrected chi connectivity index (χ0v) is 11.0. The van der Waals surface area contributed by atoms with E-state index in [1.807, 2.05) is 10.9 Å². The molecule has 98 valence electrons. The predicted octanol–water partition coefficient (Wildman–Crippen LogP) is 2.55. The van der Waals surface area contributed by atoms with Gasteiger partial charge in [0.05, 0.1) is 11.8 Å². The second-order valence-corrected chi connectivity index (χ2v) is 6.71. The minimum absolute atomic E-state index is 0.489. The van der Waals surface area contributed by atoms with Crippen LogP contribution < -0.4 is 0 Å². The molecule has 0 amide bonds. The zero-order chi connectivity index (χ0) is 12.3. The molecule has 3 nitrogen and oxygen atoms in total. The SMILES string of the molecule is CCn1cc(C2(O)C3CC4CC(C3)CC2C4)cn1. The highest BCUT2D eigenvalue weighted by Gasteiger charge is 2.57. The summed E-state index contributed by atoms with van der Waals surface area (Å²) in [6.07, 6.45) is 10.4. The largest absolute Gasteiger partial charge is 0.384 e. The third-order valence-electron chi connectivity index (χ3n) is 5.80. The van der Waals surface area contributed by atoms with Crippen LogP contribution in [0.3, 0.4) is 0 Å². The lowest BCUT2D eigenvalue weighted by Crippen LogP contribution is -2.55. The van der Waals surface area contributed by atoms with Gasteiger partial charge in [0.1, 0.15) is 0 Å². The van der Waals surface area contributed by atoms with Crippen LogP contribution >= 0.6 is 0 Å². The van der Waals surface area contributed by atoms with Crippen molar-refractivity contribution in [2.45, 2.75) is 51.2 Å². The van der Waals surface area contributed by atoms with Crippen molar-refractivity contribution in [3.8, 4) is 0 Å². The van der Waals surface area contributed by atoms with Crippen LogP contribution in [0, 0.1) is 23.7 Å². The highest BCUT2D eigenvalue weighted by atomic mass is 16.3. The Morgan fingerprint density at radius 3 is 2.33 bits per heavy atom. The fraction of sp³-hybridized carbons (Fsp3) is 0.800. The van der Waals surface area contributed by atoms with Crippen molar-refractivity contribution in [2.75, 3.05) is 0 Å². The Bertz CT molecular complexity index is 437. The van der Waals surface area contributed by atoms with Gasteiger partial charge < -0.3 is 5.11 Å². The van der Waals surface area contributed by atoms with Crippen molar-refractivity contribution < 1.29 is 5.11 Å². The number of aryl methyl sites for hydroxylation is 1. The Labute approximate surface area is 108 Å². The first-order chi connectivity index (χ1) is 8.70. The number of hydrogen-bond acceptors (Lipinski definition) is 2. The van der Waals surface area contributed by atoms with Gasteiger partial charge in [-0.3, -0.25) is 4.68 Å². The number of rotatable bonds is 2. The van der Waals surface area contributed by atoms with Crippen LogP contribution in [0.1, 0.15) is 44.6 Å². The van der Waals surface area contributed by atoms with E-state index in [2.05, 4.69) is 18.2 Å². The molecule has 1 heterocycles. The molecule has 0 saturated heterocycles. The van der Waals surface area contributed by atoms with E-state index in [9.17, 15) is 5.11 Å². The normalized spacial score (nSPS) is 45.7. The summed E-state index contributed by atoms with van der Waals surface area (Å²) in [5.41, 5.74) is 0.513. The lowest BCUT2D eigenvalue weighted by Gasteiger charge is -2.58. The first-order valence-electron chi connectivity index (χ1n) is 7.45. The average molecular weight is 246 g/mol. The molecule has 0 aliphatic heterocycles. The number of nitrogens with zero attached hydrogens (tertiary/aromatic N) is 2. The summed E-state index contributed by atoms with van der Waals surface area (Å²) in [5.74, 6) is 2.77. The number of hydrogen-bond donors (Lipinski definition) is 1. The Hall–Kier alpha value is -0.830. The quantitative estimate of drug-likeness (QED) is 0.871. The summed E-state index contributed by atoms with van der Waals surface area (Å²) in [5, 5.41) is 15.7. The van der Waals surface area contributed by atoms with Crippen LogP contribution in [-0.4, -0.2) is 14.9 Å². The van der Waals surface area contributed by atoms with Gasteiger partial charge in [-0.2, -0.15) is 5.10 Å². The van der Waals surface area contributed by atoms with E-state index in [4.69, 9.17) is 0 Å². The van der Waals surface area contributed by atoms with E-state index in [0.29, 0.717) is 11.8 Å². The smallest absolute Gasteiger partial charge is 0.0983 e. The van der Waals surface area contributed by atoms with Gasteiger partial charge >= 0.3 is 0 Å². The topological polar surface area (TPSA) is 38.0 Å². The van der Waals surface area contributed by atoms with Crippen LogP contribution in [-0.2, 0) is 12.1 Å². The molecule has 5 rings (SSSR count).